The summed E-state index contributed by atoms with van der Waals surface area (Å²) >= 11 is 0. The minimum Gasteiger partial charge on any atom is -0.310 e. The normalized spacial score (nSPS) is 13.8. The van der Waals surface area contributed by atoms with Crippen LogP contribution in [0.4, 0.5) is 51.2 Å². The number of hydrogen-bond donors (Lipinski definition) is 0. The molecule has 1 spiro atoms. The topological polar surface area (TPSA) is 9.72 Å². The lowest BCUT2D eigenvalue weighted by Gasteiger charge is -2.48. The van der Waals surface area contributed by atoms with Crippen molar-refractivity contribution in [1.29, 1.82) is 0 Å². The summed E-state index contributed by atoms with van der Waals surface area (Å²) in [6.45, 7) is 14.1. The van der Waals surface area contributed by atoms with Gasteiger partial charge in [0, 0.05) is 50.7 Å². The van der Waals surface area contributed by atoms with Gasteiger partial charge in [0.05, 0.1) is 28.2 Å². The van der Waals surface area contributed by atoms with Gasteiger partial charge in [-0.25, -0.2) is 0 Å². The van der Waals surface area contributed by atoms with Crippen LogP contribution < -0.4 is 31.1 Å². The second-order valence-corrected chi connectivity index (χ2v) is 27.1. The molecular formula is C87H68BN3. The molecule has 3 aliphatic heterocycles. The third-order valence-electron chi connectivity index (χ3n) is 19.9. The van der Waals surface area contributed by atoms with Gasteiger partial charge in [0.25, 0.3) is 6.71 Å². The van der Waals surface area contributed by atoms with Crippen LogP contribution in [0.5, 0.6) is 0 Å². The Kier molecular flexibility index (Phi) is 12.4. The molecule has 3 nitrogen and oxygen atoms in total. The molecule has 17 rings (SSSR count). The second kappa shape index (κ2) is 20.7. The van der Waals surface area contributed by atoms with E-state index in [1.807, 2.05) is 0 Å². The van der Waals surface area contributed by atoms with Gasteiger partial charge >= 0.3 is 0 Å². The third kappa shape index (κ3) is 8.28. The van der Waals surface area contributed by atoms with Gasteiger partial charge in [-0.15, -0.1) is 0 Å². The lowest BCUT2D eigenvalue weighted by molar-refractivity contribution is 0.590. The zero-order valence-corrected chi connectivity index (χ0v) is 52.3. The summed E-state index contributed by atoms with van der Waals surface area (Å²) in [7, 11) is 0. The quantitative estimate of drug-likeness (QED) is 0.147. The van der Waals surface area contributed by atoms with Gasteiger partial charge < -0.3 is 14.7 Å². The van der Waals surface area contributed by atoms with Gasteiger partial charge in [0.1, 0.15) is 0 Å². The molecule has 13 aromatic carbocycles. The Morgan fingerprint density at radius 3 is 1.13 bits per heavy atom. The molecule has 434 valence electrons. The predicted octanol–water partition coefficient (Wildman–Crippen LogP) is 21.2. The first-order valence-corrected chi connectivity index (χ1v) is 32.2. The molecule has 13 aromatic rings. The Labute approximate surface area is 535 Å². The predicted molar refractivity (Wildman–Crippen MR) is 385 cm³/mol. The van der Waals surface area contributed by atoms with E-state index in [1.54, 1.807) is 0 Å². The van der Waals surface area contributed by atoms with Crippen LogP contribution in [0, 0.1) is 0 Å². The molecule has 0 amide bonds. The van der Waals surface area contributed by atoms with E-state index in [9.17, 15) is 0 Å². The van der Waals surface area contributed by atoms with Crippen LogP contribution in [0.15, 0.2) is 303 Å². The fourth-order valence-electron chi connectivity index (χ4n) is 15.8. The van der Waals surface area contributed by atoms with Crippen LogP contribution in [0.25, 0.3) is 55.6 Å². The fraction of sp³-hybridized carbons (Fsp3) is 0.103. The summed E-state index contributed by atoms with van der Waals surface area (Å²) < 4.78 is 0. The maximum atomic E-state index is 2.73. The summed E-state index contributed by atoms with van der Waals surface area (Å²) in [6.07, 6.45) is 0. The summed E-state index contributed by atoms with van der Waals surface area (Å²) in [5, 5.41) is 0. The van der Waals surface area contributed by atoms with Crippen molar-refractivity contribution in [2.75, 3.05) is 14.7 Å². The van der Waals surface area contributed by atoms with Crippen LogP contribution >= 0.6 is 0 Å². The standard InChI is InChI=1S/C87H68BN3/c1-85(2,3)61-50-51-78-74(52-61)88-75-56-73-69(68-40-22-23-45-70(68)87(73)71-46-24-26-48-76(71)89(63-38-20-11-21-39-63)77-49-27-25-47-72(77)87)55-79(75)91(84-66(59-34-16-9-17-35-59)43-29-44-67(84)60-36-18-10-19-37-60)81-54-62(86(4,5)6)53-80(82(81)88)90(78)83-64(57-30-12-7-13-31-57)41-28-42-65(83)58-32-14-8-15-33-58/h7-56H,1-6H3. The molecule has 91 heavy (non-hydrogen) atoms. The molecule has 0 N–H and O–H groups in total. The van der Waals surface area contributed by atoms with E-state index < -0.39 is 5.41 Å². The highest BCUT2D eigenvalue weighted by molar-refractivity contribution is 7.00. The summed E-state index contributed by atoms with van der Waals surface area (Å²) in [6, 6.07) is 115. The van der Waals surface area contributed by atoms with Crippen LogP contribution in [0.2, 0.25) is 0 Å². The molecule has 0 fully saturated rings. The molecule has 0 unspecified atom stereocenters. The first kappa shape index (κ1) is 54.5. The molecule has 0 aromatic heterocycles. The van der Waals surface area contributed by atoms with Crippen molar-refractivity contribution >= 4 is 74.3 Å². The summed E-state index contributed by atoms with van der Waals surface area (Å²) in [5.41, 5.74) is 32.8. The Bertz CT molecular complexity index is 4860. The van der Waals surface area contributed by atoms with Crippen molar-refractivity contribution in [3.05, 3.63) is 337 Å². The number of nitrogens with zero attached hydrogens (tertiary/aromatic N) is 3. The van der Waals surface area contributed by atoms with Crippen LogP contribution in [-0.4, -0.2) is 6.71 Å². The second-order valence-electron chi connectivity index (χ2n) is 27.1. The maximum absolute atomic E-state index is 2.73. The lowest BCUT2D eigenvalue weighted by atomic mass is 9.33. The van der Waals surface area contributed by atoms with Crippen LogP contribution in [0.1, 0.15) is 74.9 Å². The van der Waals surface area contributed by atoms with E-state index >= 15 is 0 Å². The van der Waals surface area contributed by atoms with E-state index in [-0.39, 0.29) is 17.5 Å². The Morgan fingerprint density at radius 1 is 0.264 bits per heavy atom. The van der Waals surface area contributed by atoms with Crippen molar-refractivity contribution < 1.29 is 0 Å². The molecule has 0 radical (unpaired) electrons. The van der Waals surface area contributed by atoms with Gasteiger partial charge in [0.2, 0.25) is 0 Å². The van der Waals surface area contributed by atoms with E-state index in [2.05, 4.69) is 360 Å². The smallest absolute Gasteiger partial charge is 0.252 e. The zero-order chi connectivity index (χ0) is 61.3. The minimum absolute atomic E-state index is 0.164. The Hall–Kier alpha value is -10.7. The highest BCUT2D eigenvalue weighted by Gasteiger charge is 2.54. The Balaban J connectivity index is 1.07. The van der Waals surface area contributed by atoms with Gasteiger partial charge in [-0.3, -0.25) is 0 Å². The van der Waals surface area contributed by atoms with E-state index in [1.165, 1.54) is 128 Å². The first-order chi connectivity index (χ1) is 44.5. The summed E-state index contributed by atoms with van der Waals surface area (Å²) in [4.78, 5) is 7.92. The molecule has 4 aliphatic rings. The van der Waals surface area contributed by atoms with E-state index in [4.69, 9.17) is 0 Å². The van der Waals surface area contributed by atoms with Crippen molar-refractivity contribution in [1.82, 2.24) is 0 Å². The largest absolute Gasteiger partial charge is 0.310 e. The third-order valence-corrected chi connectivity index (χ3v) is 19.9. The average Bonchev–Trinajstić information content (AvgIpc) is 0.977. The Morgan fingerprint density at radius 2 is 0.659 bits per heavy atom. The number of para-hydroxylation sites is 5. The molecule has 0 saturated carbocycles. The molecule has 0 saturated heterocycles. The number of fused-ring (bicyclic) bond motifs is 13. The van der Waals surface area contributed by atoms with Gasteiger partial charge in [-0.2, -0.15) is 0 Å². The SMILES string of the molecule is CC(C)(C)c1ccc2c(c1)B1c3cc4c(cc3N(c3c(-c5ccccc5)cccc3-c3ccccc3)c3cc(C(C)(C)C)cc(c31)N2c1c(-c2ccccc2)cccc1-c1ccccc1)-c1ccccc1C41c2ccccc2N(c2ccccc2)c2ccccc21. The van der Waals surface area contributed by atoms with Crippen molar-refractivity contribution in [2.45, 2.75) is 57.8 Å². The van der Waals surface area contributed by atoms with Crippen LogP contribution in [0.3, 0.4) is 0 Å². The van der Waals surface area contributed by atoms with Gasteiger partial charge in [-0.05, 0) is 143 Å². The number of benzene rings is 13. The van der Waals surface area contributed by atoms with E-state index in [0.717, 1.165) is 28.2 Å². The molecule has 0 atom stereocenters. The molecule has 4 heteroatoms. The van der Waals surface area contributed by atoms with Gasteiger partial charge in [-0.1, -0.05) is 296 Å². The number of hydrogen-bond acceptors (Lipinski definition) is 3. The lowest BCUT2D eigenvalue weighted by Crippen LogP contribution is -2.62. The number of anilines is 9. The monoisotopic (exact) mass is 1170 g/mol. The van der Waals surface area contributed by atoms with Crippen molar-refractivity contribution in [3.63, 3.8) is 0 Å². The molecule has 0 bridgehead atoms. The molecule has 1 aliphatic carbocycles. The van der Waals surface area contributed by atoms with Crippen molar-refractivity contribution in [2.24, 2.45) is 0 Å². The van der Waals surface area contributed by atoms with E-state index in [0.29, 0.717) is 0 Å². The summed E-state index contributed by atoms with van der Waals surface area (Å²) in [5.74, 6) is 0. The highest BCUT2D eigenvalue weighted by atomic mass is 15.2. The fourth-order valence-corrected chi connectivity index (χ4v) is 15.8. The minimum atomic E-state index is -0.698. The number of rotatable bonds is 7. The molecule has 3 heterocycles. The zero-order valence-electron chi connectivity index (χ0n) is 52.3. The van der Waals surface area contributed by atoms with Crippen LogP contribution in [-0.2, 0) is 16.2 Å². The maximum Gasteiger partial charge on any atom is 0.252 e. The molecular weight excluding hydrogens is 1100 g/mol. The first-order valence-electron chi connectivity index (χ1n) is 32.2. The van der Waals surface area contributed by atoms with Gasteiger partial charge in [0.15, 0.2) is 0 Å². The highest BCUT2D eigenvalue weighted by Crippen LogP contribution is 2.65. The van der Waals surface area contributed by atoms with Crippen molar-refractivity contribution in [3.8, 4) is 55.6 Å². The average molecular weight is 1170 g/mol.